The molecule has 0 atom stereocenters. The fourth-order valence-electron chi connectivity index (χ4n) is 6.24. The van der Waals surface area contributed by atoms with Crippen molar-refractivity contribution in [1.29, 1.82) is 0 Å². The molecule has 0 saturated carbocycles. The zero-order valence-corrected chi connectivity index (χ0v) is 23.4. The van der Waals surface area contributed by atoms with Crippen molar-refractivity contribution in [2.75, 3.05) is 0 Å². The van der Waals surface area contributed by atoms with Crippen LogP contribution in [0.5, 0.6) is 11.5 Å². The van der Waals surface area contributed by atoms with Gasteiger partial charge in [-0.1, -0.05) is 54.6 Å². The Morgan fingerprint density at radius 2 is 1.11 bits per heavy atom. The lowest BCUT2D eigenvalue weighted by Crippen LogP contribution is -1.97. The molecule has 7 heteroatoms. The predicted molar refractivity (Wildman–Crippen MR) is 174 cm³/mol. The Morgan fingerprint density at radius 3 is 1.86 bits per heavy atom. The molecular formula is C37H24N6O. The topological polar surface area (TPSA) is 62.7 Å². The molecule has 44 heavy (non-hydrogen) atoms. The van der Waals surface area contributed by atoms with Crippen molar-refractivity contribution < 1.29 is 4.74 Å². The van der Waals surface area contributed by atoms with Crippen molar-refractivity contribution >= 4 is 43.7 Å². The lowest BCUT2D eigenvalue weighted by Gasteiger charge is -2.10. The number of hydrogen-bond acceptors (Lipinski definition) is 4. The molecule has 0 aliphatic heterocycles. The van der Waals surface area contributed by atoms with Gasteiger partial charge in [0.1, 0.15) is 28.7 Å². The summed E-state index contributed by atoms with van der Waals surface area (Å²) in [5.74, 6) is 3.19. The zero-order chi connectivity index (χ0) is 29.0. The molecule has 208 valence electrons. The summed E-state index contributed by atoms with van der Waals surface area (Å²) < 4.78 is 12.8. The van der Waals surface area contributed by atoms with E-state index in [4.69, 9.17) is 9.84 Å². The standard InChI is InChI=1S/C37H24N6O/c1-3-14-31-28(12-1)29-19-18-27(23-33(29)41(31)35-16-5-7-20-38-35)44-26-11-9-10-25(22-26)43-37-30-13-2-4-15-32(30)42(34(37)24-40-43)36-17-6-8-21-39-36/h1-24H. The van der Waals surface area contributed by atoms with E-state index in [0.29, 0.717) is 0 Å². The van der Waals surface area contributed by atoms with Crippen LogP contribution in [0.15, 0.2) is 146 Å². The number of hydrogen-bond donors (Lipinski definition) is 0. The van der Waals surface area contributed by atoms with Crippen LogP contribution >= 0.6 is 0 Å². The van der Waals surface area contributed by atoms with Gasteiger partial charge in [0.2, 0.25) is 0 Å². The smallest absolute Gasteiger partial charge is 0.137 e. The summed E-state index contributed by atoms with van der Waals surface area (Å²) in [6.07, 6.45) is 5.54. The molecular weight excluding hydrogens is 544 g/mol. The molecule has 0 saturated heterocycles. The van der Waals surface area contributed by atoms with E-state index in [1.165, 1.54) is 5.39 Å². The average Bonchev–Trinajstić information content (AvgIpc) is 3.75. The summed E-state index contributed by atoms with van der Waals surface area (Å²) >= 11 is 0. The molecule has 0 aliphatic rings. The molecule has 0 bridgehead atoms. The number of aromatic nitrogens is 6. The highest BCUT2D eigenvalue weighted by atomic mass is 16.5. The lowest BCUT2D eigenvalue weighted by atomic mass is 10.1. The maximum absolute atomic E-state index is 6.50. The molecule has 0 aliphatic carbocycles. The zero-order valence-electron chi connectivity index (χ0n) is 23.4. The summed E-state index contributed by atoms with van der Waals surface area (Å²) in [4.78, 5) is 9.28. The Kier molecular flexibility index (Phi) is 5.36. The van der Waals surface area contributed by atoms with E-state index in [-0.39, 0.29) is 0 Å². The van der Waals surface area contributed by atoms with Crippen LogP contribution in [0.25, 0.3) is 61.1 Å². The number of nitrogens with zero attached hydrogens (tertiary/aromatic N) is 6. The maximum atomic E-state index is 6.50. The molecule has 0 unspecified atom stereocenters. The Labute approximate surface area is 251 Å². The molecule has 9 rings (SSSR count). The highest BCUT2D eigenvalue weighted by molar-refractivity contribution is 6.09. The van der Waals surface area contributed by atoms with Crippen molar-refractivity contribution in [2.24, 2.45) is 0 Å². The molecule has 7 nitrogen and oxygen atoms in total. The van der Waals surface area contributed by atoms with E-state index in [1.807, 2.05) is 90.0 Å². The molecule has 0 amide bonds. The molecule has 0 fully saturated rings. The minimum Gasteiger partial charge on any atom is -0.457 e. The monoisotopic (exact) mass is 568 g/mol. The van der Waals surface area contributed by atoms with Gasteiger partial charge in [0.05, 0.1) is 34.0 Å². The van der Waals surface area contributed by atoms with Crippen LogP contribution in [0, 0.1) is 0 Å². The summed E-state index contributed by atoms with van der Waals surface area (Å²) in [6.45, 7) is 0. The molecule has 9 aromatic rings. The van der Waals surface area contributed by atoms with Gasteiger partial charge >= 0.3 is 0 Å². The van der Waals surface area contributed by atoms with Crippen LogP contribution in [0.1, 0.15) is 0 Å². The highest BCUT2D eigenvalue weighted by Gasteiger charge is 2.19. The molecule has 0 radical (unpaired) electrons. The van der Waals surface area contributed by atoms with Crippen molar-refractivity contribution in [1.82, 2.24) is 28.9 Å². The first kappa shape index (κ1) is 24.4. The normalized spacial score (nSPS) is 11.6. The number of rotatable bonds is 5. The third-order valence-electron chi connectivity index (χ3n) is 8.09. The van der Waals surface area contributed by atoms with Gasteiger partial charge in [0, 0.05) is 40.7 Å². The van der Waals surface area contributed by atoms with Crippen LogP contribution in [0.3, 0.4) is 0 Å². The van der Waals surface area contributed by atoms with Crippen LogP contribution in [0.2, 0.25) is 0 Å². The van der Waals surface area contributed by atoms with Gasteiger partial charge in [-0.2, -0.15) is 5.10 Å². The predicted octanol–water partition coefficient (Wildman–Crippen LogP) is 8.65. The van der Waals surface area contributed by atoms with Gasteiger partial charge in [-0.25, -0.2) is 14.6 Å². The quantitative estimate of drug-likeness (QED) is 0.208. The van der Waals surface area contributed by atoms with Crippen LogP contribution in [-0.2, 0) is 0 Å². The Hall–Kier alpha value is -6.21. The average molecular weight is 569 g/mol. The van der Waals surface area contributed by atoms with E-state index in [9.17, 15) is 0 Å². The first-order valence-electron chi connectivity index (χ1n) is 14.4. The number of fused-ring (bicyclic) bond motifs is 6. The summed E-state index contributed by atoms with van der Waals surface area (Å²) in [5, 5.41) is 8.25. The summed E-state index contributed by atoms with van der Waals surface area (Å²) in [6, 6.07) is 43.0. The largest absolute Gasteiger partial charge is 0.457 e. The Bertz CT molecular complexity index is 2470. The highest BCUT2D eigenvalue weighted by Crippen LogP contribution is 2.36. The number of ether oxygens (including phenoxy) is 1. The van der Waals surface area contributed by atoms with E-state index < -0.39 is 0 Å². The lowest BCUT2D eigenvalue weighted by molar-refractivity contribution is 0.483. The Balaban J connectivity index is 1.15. The maximum Gasteiger partial charge on any atom is 0.137 e. The minimum atomic E-state index is 0.722. The van der Waals surface area contributed by atoms with Gasteiger partial charge in [-0.05, 0) is 60.7 Å². The fourth-order valence-corrected chi connectivity index (χ4v) is 6.24. The van der Waals surface area contributed by atoms with Crippen molar-refractivity contribution in [3.63, 3.8) is 0 Å². The summed E-state index contributed by atoms with van der Waals surface area (Å²) in [7, 11) is 0. The Morgan fingerprint density at radius 1 is 0.477 bits per heavy atom. The SMILES string of the molecule is c1ccc(-n2c3ccccc3c3ccc(Oc4cccc(-n5ncc6c5c5ccccc5n6-c5ccccn5)c4)cc32)nc1. The van der Waals surface area contributed by atoms with Crippen molar-refractivity contribution in [3.8, 4) is 28.8 Å². The fraction of sp³-hybridized carbons (Fsp3) is 0. The van der Waals surface area contributed by atoms with Gasteiger partial charge in [-0.15, -0.1) is 0 Å². The van der Waals surface area contributed by atoms with Crippen LogP contribution < -0.4 is 4.74 Å². The number of para-hydroxylation sites is 2. The van der Waals surface area contributed by atoms with E-state index >= 15 is 0 Å². The van der Waals surface area contributed by atoms with Crippen molar-refractivity contribution in [2.45, 2.75) is 0 Å². The number of benzene rings is 4. The molecule has 0 spiro atoms. The van der Waals surface area contributed by atoms with Gasteiger partial charge in [0.25, 0.3) is 0 Å². The van der Waals surface area contributed by atoms with Crippen molar-refractivity contribution in [3.05, 3.63) is 146 Å². The van der Waals surface area contributed by atoms with Gasteiger partial charge < -0.3 is 4.74 Å². The third-order valence-corrected chi connectivity index (χ3v) is 8.09. The van der Waals surface area contributed by atoms with E-state index in [0.717, 1.165) is 67.2 Å². The second-order valence-corrected chi connectivity index (χ2v) is 10.6. The van der Waals surface area contributed by atoms with Crippen LogP contribution in [0.4, 0.5) is 0 Å². The van der Waals surface area contributed by atoms with E-state index in [2.05, 4.69) is 79.8 Å². The first-order valence-corrected chi connectivity index (χ1v) is 14.4. The second-order valence-electron chi connectivity index (χ2n) is 10.6. The first-order chi connectivity index (χ1) is 21.8. The van der Waals surface area contributed by atoms with Crippen LogP contribution in [-0.4, -0.2) is 28.9 Å². The van der Waals surface area contributed by atoms with Gasteiger partial charge in [0.15, 0.2) is 0 Å². The minimum absolute atomic E-state index is 0.722. The third kappa shape index (κ3) is 3.73. The molecule has 4 aromatic carbocycles. The molecule has 5 heterocycles. The summed E-state index contributed by atoms with van der Waals surface area (Å²) in [5.41, 5.74) is 6.14. The number of pyridine rings is 2. The molecule has 0 N–H and O–H groups in total. The second kappa shape index (κ2) is 9.68. The van der Waals surface area contributed by atoms with Gasteiger partial charge in [-0.3, -0.25) is 9.13 Å². The molecule has 5 aromatic heterocycles. The van der Waals surface area contributed by atoms with E-state index in [1.54, 1.807) is 0 Å².